The van der Waals surface area contributed by atoms with E-state index >= 15 is 0 Å². The average molecular weight is 456 g/mol. The molecule has 0 bridgehead atoms. The van der Waals surface area contributed by atoms with Crippen LogP contribution in [0.25, 0.3) is 10.4 Å². The predicted molar refractivity (Wildman–Crippen MR) is 125 cm³/mol. The topological polar surface area (TPSA) is 82.2 Å². The highest BCUT2D eigenvalue weighted by Crippen LogP contribution is 2.40. The zero-order chi connectivity index (χ0) is 22.5. The first-order valence-corrected chi connectivity index (χ1v) is 10.9. The normalized spacial score (nSPS) is 13.5. The Bertz CT molecular complexity index is 1050. The largest absolute Gasteiger partial charge is 0.493 e. The van der Waals surface area contributed by atoms with Crippen LogP contribution in [0.15, 0.2) is 42.6 Å². The van der Waals surface area contributed by atoms with Crippen molar-refractivity contribution in [2.45, 2.75) is 0 Å². The number of thiophene rings is 1. The van der Waals surface area contributed by atoms with Gasteiger partial charge in [0.1, 0.15) is 5.82 Å². The van der Waals surface area contributed by atoms with E-state index in [9.17, 15) is 4.79 Å². The van der Waals surface area contributed by atoms with E-state index in [0.717, 1.165) is 42.6 Å². The van der Waals surface area contributed by atoms with Gasteiger partial charge in [0.05, 0.1) is 39.4 Å². The first kappa shape index (κ1) is 21.9. The number of ether oxygens (including phenoxy) is 4. The smallest absolute Gasteiger partial charge is 0.265 e. The molecule has 1 fully saturated rings. The fourth-order valence-corrected chi connectivity index (χ4v) is 4.36. The summed E-state index contributed by atoms with van der Waals surface area (Å²) in [5, 5.41) is 2.90. The molecule has 0 spiro atoms. The number of benzene rings is 1. The van der Waals surface area contributed by atoms with Crippen molar-refractivity contribution in [3.63, 3.8) is 0 Å². The highest BCUT2D eigenvalue weighted by molar-refractivity contribution is 7.17. The van der Waals surface area contributed by atoms with Crippen molar-refractivity contribution in [3.8, 4) is 27.7 Å². The van der Waals surface area contributed by atoms with Crippen molar-refractivity contribution < 1.29 is 23.7 Å². The molecule has 1 saturated heterocycles. The van der Waals surface area contributed by atoms with Crippen molar-refractivity contribution in [3.05, 3.63) is 47.5 Å². The molecular formula is C23H25N3O5S. The molecule has 1 amide bonds. The van der Waals surface area contributed by atoms with Crippen molar-refractivity contribution in [2.75, 3.05) is 57.8 Å². The molecule has 0 aliphatic carbocycles. The standard InChI is InChI=1S/C23H25N3O5S/c1-28-17-12-16(13-18(29-2)22(17)30-3)25-23(27)20-6-5-19(32-20)15-4-7-21(24-14-15)26-8-10-31-11-9-26/h4-7,12-14H,8-11H2,1-3H3,(H,25,27). The van der Waals surface area contributed by atoms with Crippen LogP contribution in [-0.2, 0) is 4.74 Å². The zero-order valence-corrected chi connectivity index (χ0v) is 19.0. The Hall–Kier alpha value is -3.30. The van der Waals surface area contributed by atoms with E-state index in [1.165, 1.54) is 32.7 Å². The monoisotopic (exact) mass is 455 g/mol. The second-order valence-corrected chi connectivity index (χ2v) is 8.12. The van der Waals surface area contributed by atoms with Gasteiger partial charge in [0.2, 0.25) is 5.75 Å². The van der Waals surface area contributed by atoms with Gasteiger partial charge in [-0.2, -0.15) is 0 Å². The molecule has 1 aromatic carbocycles. The Morgan fingerprint density at radius 1 is 1.03 bits per heavy atom. The fraction of sp³-hybridized carbons (Fsp3) is 0.304. The number of pyridine rings is 1. The van der Waals surface area contributed by atoms with Crippen molar-refractivity contribution in [1.82, 2.24) is 4.98 Å². The number of carbonyl (C=O) groups excluding carboxylic acids is 1. The number of nitrogens with one attached hydrogen (secondary N) is 1. The van der Waals surface area contributed by atoms with Gasteiger partial charge in [-0.15, -0.1) is 11.3 Å². The first-order chi connectivity index (χ1) is 15.6. The maximum atomic E-state index is 12.8. The number of hydrogen-bond acceptors (Lipinski definition) is 8. The second kappa shape index (κ2) is 9.88. The highest BCUT2D eigenvalue weighted by Gasteiger charge is 2.17. The average Bonchev–Trinajstić information content (AvgIpc) is 3.34. The fourth-order valence-electron chi connectivity index (χ4n) is 3.47. The van der Waals surface area contributed by atoms with Gasteiger partial charge in [-0.05, 0) is 24.3 Å². The molecule has 1 aliphatic heterocycles. The number of rotatable bonds is 7. The van der Waals surface area contributed by atoms with E-state index in [0.29, 0.717) is 27.8 Å². The van der Waals surface area contributed by atoms with E-state index in [4.69, 9.17) is 18.9 Å². The summed E-state index contributed by atoms with van der Waals surface area (Å²) in [6.07, 6.45) is 1.84. The molecule has 32 heavy (non-hydrogen) atoms. The molecule has 0 radical (unpaired) electrons. The summed E-state index contributed by atoms with van der Waals surface area (Å²) >= 11 is 1.41. The maximum absolute atomic E-state index is 12.8. The lowest BCUT2D eigenvalue weighted by atomic mass is 10.2. The van der Waals surface area contributed by atoms with Crippen molar-refractivity contribution in [1.29, 1.82) is 0 Å². The van der Waals surface area contributed by atoms with Crippen LogP contribution in [0.2, 0.25) is 0 Å². The number of amides is 1. The number of nitrogens with zero attached hydrogens (tertiary/aromatic N) is 2. The van der Waals surface area contributed by atoms with Gasteiger partial charge in [-0.1, -0.05) is 0 Å². The van der Waals surface area contributed by atoms with Crippen LogP contribution in [-0.4, -0.2) is 58.5 Å². The minimum absolute atomic E-state index is 0.214. The Morgan fingerprint density at radius 2 is 1.75 bits per heavy atom. The van der Waals surface area contributed by atoms with Gasteiger partial charge in [0.25, 0.3) is 5.91 Å². The second-order valence-electron chi connectivity index (χ2n) is 7.04. The molecule has 168 valence electrons. The zero-order valence-electron chi connectivity index (χ0n) is 18.2. The van der Waals surface area contributed by atoms with Gasteiger partial charge < -0.3 is 29.2 Å². The number of morpholine rings is 1. The van der Waals surface area contributed by atoms with Crippen LogP contribution in [0, 0.1) is 0 Å². The van der Waals surface area contributed by atoms with Crippen LogP contribution in [0.1, 0.15) is 9.67 Å². The number of anilines is 2. The third-order valence-electron chi connectivity index (χ3n) is 5.12. The highest BCUT2D eigenvalue weighted by atomic mass is 32.1. The van der Waals surface area contributed by atoms with Crippen molar-refractivity contribution in [2.24, 2.45) is 0 Å². The molecule has 0 saturated carbocycles. The van der Waals surface area contributed by atoms with Gasteiger partial charge in [0, 0.05) is 47.5 Å². The molecule has 1 N–H and O–H groups in total. The molecule has 4 rings (SSSR count). The summed E-state index contributed by atoms with van der Waals surface area (Å²) in [6, 6.07) is 11.2. The van der Waals surface area contributed by atoms with Crippen LogP contribution in [0.5, 0.6) is 17.2 Å². The third kappa shape index (κ3) is 4.63. The van der Waals surface area contributed by atoms with Gasteiger partial charge in [-0.3, -0.25) is 4.79 Å². The summed E-state index contributed by atoms with van der Waals surface area (Å²) < 4.78 is 21.4. The molecule has 8 nitrogen and oxygen atoms in total. The lowest BCUT2D eigenvalue weighted by molar-refractivity contribution is 0.103. The Morgan fingerprint density at radius 3 is 2.34 bits per heavy atom. The molecule has 2 aromatic heterocycles. The quantitative estimate of drug-likeness (QED) is 0.578. The minimum Gasteiger partial charge on any atom is -0.493 e. The van der Waals surface area contributed by atoms with Crippen LogP contribution in [0.4, 0.5) is 11.5 Å². The molecule has 9 heteroatoms. The molecular weight excluding hydrogens is 430 g/mol. The molecule has 1 aliphatic rings. The van der Waals surface area contributed by atoms with Gasteiger partial charge >= 0.3 is 0 Å². The molecule has 0 unspecified atom stereocenters. The number of carbonyl (C=O) groups is 1. The summed E-state index contributed by atoms with van der Waals surface area (Å²) in [6.45, 7) is 3.13. The minimum atomic E-state index is -0.214. The van der Waals surface area contributed by atoms with E-state index in [-0.39, 0.29) is 5.91 Å². The van der Waals surface area contributed by atoms with E-state index in [1.54, 1.807) is 12.1 Å². The predicted octanol–water partition coefficient (Wildman–Crippen LogP) is 3.92. The Kier molecular flexibility index (Phi) is 6.77. The lowest BCUT2D eigenvalue weighted by Crippen LogP contribution is -2.36. The van der Waals surface area contributed by atoms with E-state index in [1.807, 2.05) is 30.5 Å². The van der Waals surface area contributed by atoms with Crippen LogP contribution >= 0.6 is 11.3 Å². The summed E-state index contributed by atoms with van der Waals surface area (Å²) in [5.74, 6) is 2.14. The van der Waals surface area contributed by atoms with E-state index < -0.39 is 0 Å². The van der Waals surface area contributed by atoms with Gasteiger partial charge in [-0.25, -0.2) is 4.98 Å². The summed E-state index contributed by atoms with van der Waals surface area (Å²) in [4.78, 5) is 21.2. The molecule has 3 aromatic rings. The Labute approximate surface area is 190 Å². The first-order valence-electron chi connectivity index (χ1n) is 10.1. The molecule has 0 atom stereocenters. The summed E-state index contributed by atoms with van der Waals surface area (Å²) in [7, 11) is 4.60. The van der Waals surface area contributed by atoms with Crippen LogP contribution < -0.4 is 24.4 Å². The van der Waals surface area contributed by atoms with Gasteiger partial charge in [0.15, 0.2) is 11.5 Å². The Balaban J connectivity index is 1.48. The number of methoxy groups -OCH3 is 3. The summed E-state index contributed by atoms with van der Waals surface area (Å²) in [5.41, 5.74) is 1.52. The lowest BCUT2D eigenvalue weighted by Gasteiger charge is -2.27. The van der Waals surface area contributed by atoms with Crippen LogP contribution in [0.3, 0.4) is 0 Å². The maximum Gasteiger partial charge on any atom is 0.265 e. The third-order valence-corrected chi connectivity index (χ3v) is 6.25. The SMILES string of the molecule is COc1cc(NC(=O)c2ccc(-c3ccc(N4CCOCC4)nc3)s2)cc(OC)c1OC. The molecule has 3 heterocycles. The number of hydrogen-bond donors (Lipinski definition) is 1. The van der Waals surface area contributed by atoms with Crippen molar-refractivity contribution >= 4 is 28.7 Å². The number of aromatic nitrogens is 1. The van der Waals surface area contributed by atoms with E-state index in [2.05, 4.69) is 15.2 Å².